The summed E-state index contributed by atoms with van der Waals surface area (Å²) >= 11 is 0. The van der Waals surface area contributed by atoms with Gasteiger partial charge in [0.05, 0.1) is 6.61 Å². The Kier molecular flexibility index (Phi) is 3.14. The largest absolute Gasteiger partial charge is 0.493 e. The molecule has 2 aromatic carbocycles. The predicted molar refractivity (Wildman–Crippen MR) is 68.7 cm³/mol. The molecule has 0 aromatic heterocycles. The van der Waals surface area contributed by atoms with Crippen LogP contribution in [0, 0.1) is 12.8 Å². The van der Waals surface area contributed by atoms with Crippen molar-refractivity contribution in [2.24, 2.45) is 5.92 Å². The Morgan fingerprint density at radius 2 is 2.00 bits per heavy atom. The summed E-state index contributed by atoms with van der Waals surface area (Å²) in [7, 11) is 0. The first-order valence-electron chi connectivity index (χ1n) is 5.64. The first-order chi connectivity index (χ1) is 7.66. The summed E-state index contributed by atoms with van der Waals surface area (Å²) in [6.07, 6.45) is 0. The quantitative estimate of drug-likeness (QED) is 0.747. The summed E-state index contributed by atoms with van der Waals surface area (Å²) in [5.41, 5.74) is 1.02. The van der Waals surface area contributed by atoms with Gasteiger partial charge in [0.25, 0.3) is 0 Å². The maximum Gasteiger partial charge on any atom is 0.127 e. The molecule has 0 atom stereocenters. The van der Waals surface area contributed by atoms with Crippen LogP contribution in [-0.4, -0.2) is 6.61 Å². The fourth-order valence-corrected chi connectivity index (χ4v) is 1.67. The first kappa shape index (κ1) is 11.0. The minimum Gasteiger partial charge on any atom is -0.493 e. The molecule has 0 aliphatic rings. The summed E-state index contributed by atoms with van der Waals surface area (Å²) in [6, 6.07) is 12.3. The van der Waals surface area contributed by atoms with Gasteiger partial charge in [-0.25, -0.2) is 0 Å². The van der Waals surface area contributed by atoms with Crippen LogP contribution in [0.2, 0.25) is 0 Å². The molecule has 2 aromatic rings. The summed E-state index contributed by atoms with van der Waals surface area (Å²) in [6.45, 7) is 9.00. The fraction of sp³-hybridized carbons (Fsp3) is 0.267. The van der Waals surface area contributed by atoms with Crippen LogP contribution in [0.25, 0.3) is 10.8 Å². The summed E-state index contributed by atoms with van der Waals surface area (Å²) < 4.78 is 5.81. The van der Waals surface area contributed by atoms with Gasteiger partial charge in [0, 0.05) is 5.39 Å². The third-order valence-electron chi connectivity index (χ3n) is 2.48. The van der Waals surface area contributed by atoms with Crippen molar-refractivity contribution in [2.45, 2.75) is 13.8 Å². The zero-order chi connectivity index (χ0) is 11.5. The second kappa shape index (κ2) is 4.56. The van der Waals surface area contributed by atoms with Crippen molar-refractivity contribution in [3.8, 4) is 5.75 Å². The third-order valence-corrected chi connectivity index (χ3v) is 2.48. The lowest BCUT2D eigenvalue weighted by Crippen LogP contribution is -2.04. The number of benzene rings is 2. The van der Waals surface area contributed by atoms with Gasteiger partial charge in [0.1, 0.15) is 5.75 Å². The SMILES string of the molecule is [CH2]c1ccc2cccc(OCC(C)C)c2c1. The van der Waals surface area contributed by atoms with Crippen LogP contribution in [0.15, 0.2) is 36.4 Å². The topological polar surface area (TPSA) is 9.23 Å². The van der Waals surface area contributed by atoms with E-state index in [9.17, 15) is 0 Å². The number of ether oxygens (including phenoxy) is 1. The van der Waals surface area contributed by atoms with Crippen molar-refractivity contribution >= 4 is 10.8 Å². The van der Waals surface area contributed by atoms with Gasteiger partial charge in [0.2, 0.25) is 0 Å². The molecule has 16 heavy (non-hydrogen) atoms. The molecule has 0 unspecified atom stereocenters. The van der Waals surface area contributed by atoms with Gasteiger partial charge in [-0.05, 0) is 35.9 Å². The molecule has 1 nitrogen and oxygen atoms in total. The van der Waals surface area contributed by atoms with Crippen LogP contribution >= 0.6 is 0 Å². The van der Waals surface area contributed by atoms with Gasteiger partial charge in [0.15, 0.2) is 0 Å². The molecular formula is C15H17O. The lowest BCUT2D eigenvalue weighted by Gasteiger charge is -2.11. The van der Waals surface area contributed by atoms with E-state index in [2.05, 4.69) is 39.0 Å². The van der Waals surface area contributed by atoms with Crippen LogP contribution < -0.4 is 4.74 Å². The lowest BCUT2D eigenvalue weighted by molar-refractivity contribution is 0.274. The van der Waals surface area contributed by atoms with E-state index >= 15 is 0 Å². The Labute approximate surface area is 97.1 Å². The monoisotopic (exact) mass is 213 g/mol. The maximum absolute atomic E-state index is 5.81. The van der Waals surface area contributed by atoms with Crippen LogP contribution in [-0.2, 0) is 0 Å². The maximum atomic E-state index is 5.81. The van der Waals surface area contributed by atoms with Gasteiger partial charge in [-0.15, -0.1) is 0 Å². The predicted octanol–water partition coefficient (Wildman–Crippen LogP) is 4.06. The molecule has 0 aliphatic carbocycles. The van der Waals surface area contributed by atoms with E-state index in [-0.39, 0.29) is 0 Å². The van der Waals surface area contributed by atoms with Gasteiger partial charge in [-0.2, -0.15) is 0 Å². The molecule has 83 valence electrons. The summed E-state index contributed by atoms with van der Waals surface area (Å²) in [5.74, 6) is 1.50. The molecule has 0 saturated carbocycles. The molecule has 2 rings (SSSR count). The van der Waals surface area contributed by atoms with Crippen molar-refractivity contribution in [1.82, 2.24) is 0 Å². The highest BCUT2D eigenvalue weighted by Gasteiger charge is 2.03. The standard InChI is InChI=1S/C15H17O/c1-11(2)10-16-15-6-4-5-13-8-7-12(3)9-14(13)15/h4-9,11H,3,10H2,1-2H3. The number of rotatable bonds is 3. The Bertz CT molecular complexity index is 486. The first-order valence-corrected chi connectivity index (χ1v) is 5.64. The minimum absolute atomic E-state index is 0.540. The van der Waals surface area contributed by atoms with E-state index in [1.165, 1.54) is 5.39 Å². The summed E-state index contributed by atoms with van der Waals surface area (Å²) in [5, 5.41) is 2.35. The second-order valence-corrected chi connectivity index (χ2v) is 4.52. The highest BCUT2D eigenvalue weighted by Crippen LogP contribution is 2.26. The van der Waals surface area contributed by atoms with Gasteiger partial charge < -0.3 is 4.74 Å². The Hall–Kier alpha value is -1.50. The molecule has 0 N–H and O–H groups in total. The zero-order valence-electron chi connectivity index (χ0n) is 9.86. The minimum atomic E-state index is 0.540. The molecule has 0 fully saturated rings. The van der Waals surface area contributed by atoms with E-state index in [0.717, 1.165) is 23.3 Å². The molecule has 1 radical (unpaired) electrons. The Morgan fingerprint density at radius 3 is 2.75 bits per heavy atom. The van der Waals surface area contributed by atoms with Crippen molar-refractivity contribution in [3.63, 3.8) is 0 Å². The Morgan fingerprint density at radius 1 is 1.19 bits per heavy atom. The highest BCUT2D eigenvalue weighted by molar-refractivity contribution is 5.89. The van der Waals surface area contributed by atoms with Crippen molar-refractivity contribution in [1.29, 1.82) is 0 Å². The smallest absolute Gasteiger partial charge is 0.127 e. The lowest BCUT2D eigenvalue weighted by atomic mass is 10.1. The molecule has 0 amide bonds. The average Bonchev–Trinajstić information content (AvgIpc) is 2.26. The van der Waals surface area contributed by atoms with Crippen molar-refractivity contribution in [3.05, 3.63) is 48.9 Å². The van der Waals surface area contributed by atoms with E-state index in [1.807, 2.05) is 18.2 Å². The molecule has 0 bridgehead atoms. The zero-order valence-corrected chi connectivity index (χ0v) is 9.86. The molecular weight excluding hydrogens is 196 g/mol. The van der Waals surface area contributed by atoms with Crippen molar-refractivity contribution in [2.75, 3.05) is 6.61 Å². The third kappa shape index (κ3) is 2.35. The Balaban J connectivity index is 2.40. The van der Waals surface area contributed by atoms with Crippen LogP contribution in [0.5, 0.6) is 5.75 Å². The number of hydrogen-bond donors (Lipinski definition) is 0. The molecule has 0 spiro atoms. The van der Waals surface area contributed by atoms with Gasteiger partial charge in [-0.1, -0.05) is 38.1 Å². The van der Waals surface area contributed by atoms with E-state index in [4.69, 9.17) is 4.74 Å². The summed E-state index contributed by atoms with van der Waals surface area (Å²) in [4.78, 5) is 0. The number of fused-ring (bicyclic) bond motifs is 1. The fourth-order valence-electron chi connectivity index (χ4n) is 1.67. The van der Waals surface area contributed by atoms with E-state index in [0.29, 0.717) is 5.92 Å². The van der Waals surface area contributed by atoms with Crippen LogP contribution in [0.1, 0.15) is 19.4 Å². The van der Waals surface area contributed by atoms with Gasteiger partial charge in [-0.3, -0.25) is 0 Å². The van der Waals surface area contributed by atoms with Gasteiger partial charge >= 0.3 is 0 Å². The normalized spacial score (nSPS) is 11.0. The molecule has 1 heteroatoms. The van der Waals surface area contributed by atoms with Crippen LogP contribution in [0.4, 0.5) is 0 Å². The van der Waals surface area contributed by atoms with Crippen molar-refractivity contribution < 1.29 is 4.74 Å². The van der Waals surface area contributed by atoms with E-state index in [1.54, 1.807) is 0 Å². The average molecular weight is 213 g/mol. The molecule has 0 saturated heterocycles. The molecule has 0 aliphatic heterocycles. The highest BCUT2D eigenvalue weighted by atomic mass is 16.5. The molecule has 0 heterocycles. The van der Waals surface area contributed by atoms with Crippen LogP contribution in [0.3, 0.4) is 0 Å². The number of hydrogen-bond acceptors (Lipinski definition) is 1. The second-order valence-electron chi connectivity index (χ2n) is 4.52. The van der Waals surface area contributed by atoms with E-state index < -0.39 is 0 Å².